The Hall–Kier alpha value is -1.53. The molecule has 0 aromatic heterocycles. The number of ketones is 1. The summed E-state index contributed by atoms with van der Waals surface area (Å²) >= 11 is 5.64. The summed E-state index contributed by atoms with van der Waals surface area (Å²) in [5, 5.41) is 8.14. The first-order valence-corrected chi connectivity index (χ1v) is 4.48. The maximum Gasteiger partial charge on any atom is 0.181 e. The largest absolute Gasteiger partial charge is 0.399 e. The van der Waals surface area contributed by atoms with Crippen molar-refractivity contribution < 1.29 is 4.79 Å². The zero-order chi connectivity index (χ0) is 10.7. The number of hydrogen-bond acceptors (Lipinski definition) is 3. The number of hydrogen-bond donors (Lipinski definition) is 1. The average Bonchev–Trinajstić information content (AvgIpc) is 2.16. The Morgan fingerprint density at radius 1 is 1.64 bits per heavy atom. The molecule has 0 aliphatic heterocycles. The van der Waals surface area contributed by atoms with E-state index in [4.69, 9.17) is 22.6 Å². The van der Waals surface area contributed by atoms with Crippen LogP contribution >= 0.6 is 11.6 Å². The maximum atomic E-state index is 11.5. The van der Waals surface area contributed by atoms with Crippen LogP contribution in [-0.4, -0.2) is 11.2 Å². The number of Topliss-reactive ketones (excluding diaryl/α,β-unsaturated/α-hetero) is 1. The standard InChI is InChI=1S/C10H9ClN2O/c1-6(11)10(14)9-3-2-8(13)4-7(9)5-12/h2-4,6H,13H2,1H3. The number of rotatable bonds is 2. The van der Waals surface area contributed by atoms with Gasteiger partial charge in [0.25, 0.3) is 0 Å². The highest BCUT2D eigenvalue weighted by atomic mass is 35.5. The quantitative estimate of drug-likeness (QED) is 0.459. The molecule has 1 aromatic rings. The Balaban J connectivity index is 3.23. The second-order valence-corrected chi connectivity index (χ2v) is 3.55. The van der Waals surface area contributed by atoms with Gasteiger partial charge in [0.05, 0.1) is 17.0 Å². The lowest BCUT2D eigenvalue weighted by Gasteiger charge is -2.05. The van der Waals surface area contributed by atoms with E-state index in [9.17, 15) is 4.79 Å². The van der Waals surface area contributed by atoms with Gasteiger partial charge in [-0.3, -0.25) is 4.79 Å². The van der Waals surface area contributed by atoms with Gasteiger partial charge >= 0.3 is 0 Å². The SMILES string of the molecule is CC(Cl)C(=O)c1ccc(N)cc1C#N. The summed E-state index contributed by atoms with van der Waals surface area (Å²) in [6, 6.07) is 6.48. The van der Waals surface area contributed by atoms with Crippen LogP contribution in [0.25, 0.3) is 0 Å². The highest BCUT2D eigenvalue weighted by molar-refractivity contribution is 6.33. The van der Waals surface area contributed by atoms with Gasteiger partial charge in [-0.1, -0.05) is 0 Å². The number of nitrogen functional groups attached to an aromatic ring is 1. The van der Waals surface area contributed by atoms with Gasteiger partial charge in [0, 0.05) is 11.3 Å². The van der Waals surface area contributed by atoms with Crippen molar-refractivity contribution in [3.8, 4) is 6.07 Å². The Labute approximate surface area is 87.1 Å². The van der Waals surface area contributed by atoms with E-state index in [1.165, 1.54) is 12.1 Å². The van der Waals surface area contributed by atoms with E-state index in [0.717, 1.165) is 0 Å². The minimum atomic E-state index is -0.634. The molecule has 0 saturated carbocycles. The Morgan fingerprint density at radius 2 is 2.29 bits per heavy atom. The Bertz CT molecular complexity index is 407. The van der Waals surface area contributed by atoms with Crippen molar-refractivity contribution in [2.75, 3.05) is 5.73 Å². The molecule has 0 heterocycles. The van der Waals surface area contributed by atoms with E-state index in [1.54, 1.807) is 13.0 Å². The third kappa shape index (κ3) is 2.04. The molecule has 4 heteroatoms. The van der Waals surface area contributed by atoms with Crippen LogP contribution in [0, 0.1) is 11.3 Å². The maximum absolute atomic E-state index is 11.5. The molecule has 0 saturated heterocycles. The van der Waals surface area contributed by atoms with Crippen molar-refractivity contribution in [1.29, 1.82) is 5.26 Å². The molecule has 1 aromatic carbocycles. The van der Waals surface area contributed by atoms with Crippen molar-refractivity contribution in [2.24, 2.45) is 0 Å². The monoisotopic (exact) mass is 208 g/mol. The lowest BCUT2D eigenvalue weighted by Crippen LogP contribution is -2.12. The zero-order valence-corrected chi connectivity index (χ0v) is 8.38. The molecule has 3 nitrogen and oxygen atoms in total. The van der Waals surface area contributed by atoms with Crippen LogP contribution in [0.15, 0.2) is 18.2 Å². The topological polar surface area (TPSA) is 66.9 Å². The number of carbonyl (C=O) groups is 1. The van der Waals surface area contributed by atoms with E-state index < -0.39 is 5.38 Å². The van der Waals surface area contributed by atoms with Crippen LogP contribution in [0.4, 0.5) is 5.69 Å². The van der Waals surface area contributed by atoms with E-state index in [-0.39, 0.29) is 11.3 Å². The third-order valence-corrected chi connectivity index (χ3v) is 1.99. The van der Waals surface area contributed by atoms with Crippen molar-refractivity contribution in [2.45, 2.75) is 12.3 Å². The van der Waals surface area contributed by atoms with Gasteiger partial charge < -0.3 is 5.73 Å². The summed E-state index contributed by atoms with van der Waals surface area (Å²) < 4.78 is 0. The first kappa shape index (κ1) is 10.6. The highest BCUT2D eigenvalue weighted by Gasteiger charge is 2.16. The van der Waals surface area contributed by atoms with E-state index in [0.29, 0.717) is 11.3 Å². The normalized spacial score (nSPS) is 11.8. The predicted molar refractivity (Wildman–Crippen MR) is 55.2 cm³/mol. The molecular weight excluding hydrogens is 200 g/mol. The van der Waals surface area contributed by atoms with Crippen LogP contribution in [0.2, 0.25) is 0 Å². The van der Waals surface area contributed by atoms with Crippen molar-refractivity contribution in [3.63, 3.8) is 0 Å². The molecule has 0 aliphatic rings. The van der Waals surface area contributed by atoms with Crippen molar-refractivity contribution >= 4 is 23.1 Å². The van der Waals surface area contributed by atoms with Gasteiger partial charge in [-0.2, -0.15) is 5.26 Å². The minimum Gasteiger partial charge on any atom is -0.399 e. The second kappa shape index (κ2) is 4.12. The average molecular weight is 209 g/mol. The van der Waals surface area contributed by atoms with Gasteiger partial charge in [0.1, 0.15) is 0 Å². The van der Waals surface area contributed by atoms with Crippen LogP contribution < -0.4 is 5.73 Å². The summed E-state index contributed by atoms with van der Waals surface area (Å²) in [4.78, 5) is 11.5. The molecule has 14 heavy (non-hydrogen) atoms. The molecule has 1 rings (SSSR count). The van der Waals surface area contributed by atoms with Crippen LogP contribution in [-0.2, 0) is 0 Å². The number of benzene rings is 1. The van der Waals surface area contributed by atoms with Gasteiger partial charge in [-0.05, 0) is 25.1 Å². The smallest absolute Gasteiger partial charge is 0.181 e. The lowest BCUT2D eigenvalue weighted by atomic mass is 10.0. The number of nitriles is 1. The van der Waals surface area contributed by atoms with Gasteiger partial charge in [0.15, 0.2) is 5.78 Å². The molecule has 1 unspecified atom stereocenters. The first-order chi connectivity index (χ1) is 6.56. The summed E-state index contributed by atoms with van der Waals surface area (Å²) in [6.07, 6.45) is 0. The Kier molecular flexibility index (Phi) is 3.10. The lowest BCUT2D eigenvalue weighted by molar-refractivity contribution is 0.0991. The predicted octanol–water partition coefficient (Wildman–Crippen LogP) is 1.95. The van der Waals surface area contributed by atoms with E-state index in [2.05, 4.69) is 0 Å². The number of halogens is 1. The number of anilines is 1. The third-order valence-electron chi connectivity index (χ3n) is 1.79. The van der Waals surface area contributed by atoms with Gasteiger partial charge in [-0.15, -0.1) is 11.6 Å². The molecule has 0 amide bonds. The van der Waals surface area contributed by atoms with Gasteiger partial charge in [-0.25, -0.2) is 0 Å². The van der Waals surface area contributed by atoms with Gasteiger partial charge in [0.2, 0.25) is 0 Å². The fourth-order valence-corrected chi connectivity index (χ4v) is 1.20. The second-order valence-electron chi connectivity index (χ2n) is 2.90. The molecule has 0 spiro atoms. The molecule has 2 N–H and O–H groups in total. The summed E-state index contributed by atoms with van der Waals surface area (Å²) in [5.41, 5.74) is 6.53. The van der Waals surface area contributed by atoms with Crippen molar-refractivity contribution in [3.05, 3.63) is 29.3 Å². The molecule has 72 valence electrons. The van der Waals surface area contributed by atoms with Crippen molar-refractivity contribution in [1.82, 2.24) is 0 Å². The number of alkyl halides is 1. The number of nitrogens with two attached hydrogens (primary N) is 1. The summed E-state index contributed by atoms with van der Waals surface area (Å²) in [6.45, 7) is 1.57. The van der Waals surface area contributed by atoms with Crippen LogP contribution in [0.3, 0.4) is 0 Å². The summed E-state index contributed by atoms with van der Waals surface area (Å²) in [7, 11) is 0. The fourth-order valence-electron chi connectivity index (χ4n) is 1.08. The highest BCUT2D eigenvalue weighted by Crippen LogP contribution is 2.16. The zero-order valence-electron chi connectivity index (χ0n) is 7.62. The molecule has 1 atom stereocenters. The van der Waals surface area contributed by atoms with E-state index >= 15 is 0 Å². The molecule has 0 bridgehead atoms. The molecule has 0 radical (unpaired) electrons. The Morgan fingerprint density at radius 3 is 2.79 bits per heavy atom. The number of carbonyl (C=O) groups excluding carboxylic acids is 1. The fraction of sp³-hybridized carbons (Fsp3) is 0.200. The first-order valence-electron chi connectivity index (χ1n) is 4.04. The summed E-state index contributed by atoms with van der Waals surface area (Å²) in [5.74, 6) is -0.261. The molecule has 0 aliphatic carbocycles. The van der Waals surface area contributed by atoms with Crippen LogP contribution in [0.1, 0.15) is 22.8 Å². The van der Waals surface area contributed by atoms with Crippen LogP contribution in [0.5, 0.6) is 0 Å². The molecule has 0 fully saturated rings. The number of nitrogens with zero attached hydrogens (tertiary/aromatic N) is 1. The van der Waals surface area contributed by atoms with E-state index in [1.807, 2.05) is 6.07 Å². The molecular formula is C10H9ClN2O. The minimum absolute atomic E-state index is 0.261.